The van der Waals surface area contributed by atoms with Crippen LogP contribution in [0.4, 0.5) is 5.69 Å². The summed E-state index contributed by atoms with van der Waals surface area (Å²) in [4.78, 5) is 59.0. The highest BCUT2D eigenvalue weighted by Gasteiger charge is 2.19. The van der Waals surface area contributed by atoms with Crippen molar-refractivity contribution in [3.63, 3.8) is 0 Å². The third-order valence-corrected chi connectivity index (χ3v) is 6.76. The molecule has 1 N–H and O–H groups in total. The number of carbonyl (C=O) groups is 2. The first-order valence-electron chi connectivity index (χ1n) is 9.81. The summed E-state index contributed by atoms with van der Waals surface area (Å²) in [5.74, 6) is -0.00192. The number of nitrogens with zero attached hydrogens (tertiary/aromatic N) is 4. The molecule has 0 spiro atoms. The average molecular weight is 482 g/mol. The number of Topliss-reactive ketones (excluding diaryl/α,β-unsaturated/α-hetero) is 1. The van der Waals surface area contributed by atoms with Crippen LogP contribution in [0.2, 0.25) is 0 Å². The second-order valence-electron chi connectivity index (χ2n) is 7.20. The number of fused-ring (bicyclic) bond motifs is 1. The number of carbonyl (C=O) groups excluding carboxylic acids is 2. The molecule has 0 radical (unpaired) electrons. The van der Waals surface area contributed by atoms with Crippen molar-refractivity contribution in [1.29, 1.82) is 0 Å². The number of thiophene rings is 1. The minimum atomic E-state index is -0.520. The van der Waals surface area contributed by atoms with Crippen LogP contribution in [0, 0.1) is 0 Å². The van der Waals surface area contributed by atoms with E-state index in [1.807, 2.05) is 17.5 Å². The fraction of sp³-hybridized carbons (Fsp3) is 0.182. The van der Waals surface area contributed by atoms with Gasteiger partial charge in [0.15, 0.2) is 17.3 Å². The Morgan fingerprint density at radius 2 is 1.79 bits per heavy atom. The van der Waals surface area contributed by atoms with Crippen molar-refractivity contribution >= 4 is 51.5 Å². The summed E-state index contributed by atoms with van der Waals surface area (Å²) in [5.41, 5.74) is 0.303. The molecule has 4 rings (SSSR count). The molecule has 3 aromatic heterocycles. The number of hydrogen-bond acceptors (Lipinski definition) is 8. The minimum absolute atomic E-state index is 0.0174. The van der Waals surface area contributed by atoms with Gasteiger partial charge in [0.1, 0.15) is 10.4 Å². The lowest BCUT2D eigenvalue weighted by atomic mass is 10.1. The van der Waals surface area contributed by atoms with E-state index < -0.39 is 11.2 Å². The van der Waals surface area contributed by atoms with E-state index in [1.54, 1.807) is 31.3 Å². The van der Waals surface area contributed by atoms with Crippen LogP contribution in [0.3, 0.4) is 0 Å². The number of aromatic nitrogens is 4. The van der Waals surface area contributed by atoms with Crippen LogP contribution in [0.5, 0.6) is 0 Å². The summed E-state index contributed by atoms with van der Waals surface area (Å²) in [6, 6.07) is 10.3. The van der Waals surface area contributed by atoms with Crippen molar-refractivity contribution in [3.05, 3.63) is 68.2 Å². The standard InChI is InChI=1S/C22H19N5O4S2/c1-12(28)13-6-8-14(9-7-13)23-16(29)11-33-20-17-19(26(2)22(31)27(3)21(17)30)24-18(25-20)15-5-4-10-32-15/h4-10H,11H2,1-3H3,(H,23,29). The molecule has 0 aliphatic heterocycles. The number of ketones is 1. The highest BCUT2D eigenvalue weighted by Crippen LogP contribution is 2.28. The van der Waals surface area contributed by atoms with E-state index in [2.05, 4.69) is 15.3 Å². The lowest BCUT2D eigenvalue weighted by Crippen LogP contribution is -2.37. The highest BCUT2D eigenvalue weighted by molar-refractivity contribution is 8.00. The molecule has 0 atom stereocenters. The Labute approximate surface area is 196 Å². The first-order valence-corrected chi connectivity index (χ1v) is 11.7. The van der Waals surface area contributed by atoms with E-state index in [-0.39, 0.29) is 28.5 Å². The fourth-order valence-electron chi connectivity index (χ4n) is 3.17. The second kappa shape index (κ2) is 9.12. The van der Waals surface area contributed by atoms with Gasteiger partial charge in [0.25, 0.3) is 5.56 Å². The zero-order valence-corrected chi connectivity index (χ0v) is 19.6. The molecule has 11 heteroatoms. The van der Waals surface area contributed by atoms with E-state index in [0.717, 1.165) is 21.2 Å². The van der Waals surface area contributed by atoms with Crippen molar-refractivity contribution < 1.29 is 9.59 Å². The monoisotopic (exact) mass is 481 g/mol. The molecular weight excluding hydrogens is 462 g/mol. The zero-order valence-electron chi connectivity index (χ0n) is 18.0. The van der Waals surface area contributed by atoms with Crippen molar-refractivity contribution in [2.24, 2.45) is 14.1 Å². The van der Waals surface area contributed by atoms with E-state index in [4.69, 9.17) is 0 Å². The smallest absolute Gasteiger partial charge is 0.325 e. The molecule has 0 fully saturated rings. The van der Waals surface area contributed by atoms with Crippen LogP contribution < -0.4 is 16.6 Å². The molecule has 4 aromatic rings. The molecule has 33 heavy (non-hydrogen) atoms. The van der Waals surface area contributed by atoms with Crippen molar-refractivity contribution in [2.45, 2.75) is 11.9 Å². The summed E-state index contributed by atoms with van der Waals surface area (Å²) in [5, 5.41) is 5.15. The molecule has 1 amide bonds. The molecular formula is C22H19N5O4S2. The number of amides is 1. The average Bonchev–Trinajstić information content (AvgIpc) is 3.35. The van der Waals surface area contributed by atoms with Crippen LogP contribution in [0.1, 0.15) is 17.3 Å². The second-order valence-corrected chi connectivity index (χ2v) is 9.12. The van der Waals surface area contributed by atoms with E-state index >= 15 is 0 Å². The van der Waals surface area contributed by atoms with Gasteiger partial charge in [-0.15, -0.1) is 11.3 Å². The fourth-order valence-corrected chi connectivity index (χ4v) is 4.64. The van der Waals surface area contributed by atoms with E-state index in [0.29, 0.717) is 22.1 Å². The number of anilines is 1. The maximum absolute atomic E-state index is 12.9. The molecule has 168 valence electrons. The Kier molecular flexibility index (Phi) is 6.25. The molecule has 0 bridgehead atoms. The van der Waals surface area contributed by atoms with Crippen LogP contribution >= 0.6 is 23.1 Å². The predicted molar refractivity (Wildman–Crippen MR) is 129 cm³/mol. The lowest BCUT2D eigenvalue weighted by Gasteiger charge is -2.11. The lowest BCUT2D eigenvalue weighted by molar-refractivity contribution is -0.113. The van der Waals surface area contributed by atoms with Gasteiger partial charge in [0.05, 0.1) is 10.6 Å². The van der Waals surface area contributed by atoms with Gasteiger partial charge in [-0.05, 0) is 42.6 Å². The summed E-state index contributed by atoms with van der Waals surface area (Å²) in [6.45, 7) is 1.47. The number of hydrogen-bond donors (Lipinski definition) is 1. The van der Waals surface area contributed by atoms with Gasteiger partial charge in [-0.3, -0.25) is 23.5 Å². The third-order valence-electron chi connectivity index (χ3n) is 4.92. The summed E-state index contributed by atoms with van der Waals surface area (Å²) >= 11 is 2.52. The molecule has 0 aliphatic rings. The van der Waals surface area contributed by atoms with Crippen LogP contribution in [0.15, 0.2) is 56.4 Å². The molecule has 3 heterocycles. The number of thioether (sulfide) groups is 1. The molecule has 1 aromatic carbocycles. The van der Waals surface area contributed by atoms with Crippen LogP contribution in [-0.2, 0) is 18.9 Å². The van der Waals surface area contributed by atoms with Gasteiger partial charge in [-0.2, -0.15) is 0 Å². The van der Waals surface area contributed by atoms with Gasteiger partial charge < -0.3 is 5.32 Å². The Morgan fingerprint density at radius 3 is 2.42 bits per heavy atom. The predicted octanol–water partition coefficient (Wildman–Crippen LogP) is 2.69. The molecule has 0 saturated heterocycles. The molecule has 0 saturated carbocycles. The maximum atomic E-state index is 12.9. The Balaban J connectivity index is 1.67. The van der Waals surface area contributed by atoms with Gasteiger partial charge >= 0.3 is 5.69 Å². The van der Waals surface area contributed by atoms with Gasteiger partial charge in [-0.1, -0.05) is 17.8 Å². The summed E-state index contributed by atoms with van der Waals surface area (Å²) in [6.07, 6.45) is 0. The Hall–Kier alpha value is -3.57. The summed E-state index contributed by atoms with van der Waals surface area (Å²) in [7, 11) is 2.93. The number of benzene rings is 1. The van der Waals surface area contributed by atoms with Crippen molar-refractivity contribution in [2.75, 3.05) is 11.1 Å². The van der Waals surface area contributed by atoms with Gasteiger partial charge in [-0.25, -0.2) is 14.8 Å². The maximum Gasteiger partial charge on any atom is 0.332 e. The Morgan fingerprint density at radius 1 is 1.06 bits per heavy atom. The zero-order chi connectivity index (χ0) is 23.7. The molecule has 0 unspecified atom stereocenters. The van der Waals surface area contributed by atoms with Gasteiger partial charge in [0, 0.05) is 25.3 Å². The first kappa shape index (κ1) is 22.6. The topological polar surface area (TPSA) is 116 Å². The molecule has 9 nitrogen and oxygen atoms in total. The van der Waals surface area contributed by atoms with E-state index in [9.17, 15) is 19.2 Å². The van der Waals surface area contributed by atoms with Crippen molar-refractivity contribution in [1.82, 2.24) is 19.1 Å². The normalized spacial score (nSPS) is 11.0. The Bertz CT molecular complexity index is 1490. The highest BCUT2D eigenvalue weighted by atomic mass is 32.2. The number of aryl methyl sites for hydroxylation is 1. The largest absolute Gasteiger partial charge is 0.332 e. The first-order chi connectivity index (χ1) is 15.8. The van der Waals surface area contributed by atoms with Crippen LogP contribution in [0.25, 0.3) is 21.7 Å². The number of nitrogens with one attached hydrogen (secondary N) is 1. The third kappa shape index (κ3) is 4.50. The van der Waals surface area contributed by atoms with Crippen molar-refractivity contribution in [3.8, 4) is 10.7 Å². The number of rotatable bonds is 6. The summed E-state index contributed by atoms with van der Waals surface area (Å²) < 4.78 is 2.30. The van der Waals surface area contributed by atoms with Crippen LogP contribution in [-0.4, -0.2) is 36.5 Å². The SMILES string of the molecule is CC(=O)c1ccc(NC(=O)CSc2nc(-c3cccs3)nc3c2c(=O)n(C)c(=O)n3C)cc1. The molecule has 0 aliphatic carbocycles. The van der Waals surface area contributed by atoms with E-state index in [1.165, 1.54) is 29.9 Å². The minimum Gasteiger partial charge on any atom is -0.325 e. The van der Waals surface area contributed by atoms with Gasteiger partial charge in [0.2, 0.25) is 5.91 Å². The quantitative estimate of drug-likeness (QED) is 0.256.